The average molecular weight is 176 g/mol. The van der Waals surface area contributed by atoms with Crippen LogP contribution in [-0.2, 0) is 0 Å². The van der Waals surface area contributed by atoms with Crippen LogP contribution < -0.4 is 5.73 Å². The summed E-state index contributed by atoms with van der Waals surface area (Å²) >= 11 is 0. The van der Waals surface area contributed by atoms with Crippen LogP contribution >= 0.6 is 12.4 Å². The molecule has 0 aromatic carbocycles. The van der Waals surface area contributed by atoms with Crippen molar-refractivity contribution in [2.75, 3.05) is 6.54 Å². The minimum absolute atomic E-state index is 0. The Balaban J connectivity index is 0.000000605. The van der Waals surface area contributed by atoms with Gasteiger partial charge in [-0.05, 0) is 43.6 Å². The summed E-state index contributed by atoms with van der Waals surface area (Å²) in [5.74, 6) is 1.01. The maximum atomic E-state index is 5.81. The number of rotatable bonds is 1. The van der Waals surface area contributed by atoms with E-state index in [-0.39, 0.29) is 12.4 Å². The molecule has 2 N–H and O–H groups in total. The minimum atomic E-state index is 0. The Morgan fingerprint density at radius 2 is 1.73 bits per heavy atom. The smallest absolute Gasteiger partial charge is 0.00179 e. The molecular weight excluding hydrogens is 158 g/mol. The zero-order chi connectivity index (χ0) is 7.03. The van der Waals surface area contributed by atoms with Crippen LogP contribution in [0.15, 0.2) is 0 Å². The van der Waals surface area contributed by atoms with Crippen molar-refractivity contribution in [2.45, 2.75) is 38.5 Å². The first-order chi connectivity index (χ1) is 4.87. The molecule has 2 fully saturated rings. The van der Waals surface area contributed by atoms with E-state index >= 15 is 0 Å². The van der Waals surface area contributed by atoms with E-state index in [9.17, 15) is 0 Å². The predicted octanol–water partition coefficient (Wildman–Crippen LogP) is 2.34. The first-order valence-electron chi connectivity index (χ1n) is 4.57. The molecule has 0 aliphatic heterocycles. The molecule has 0 radical (unpaired) electrons. The van der Waals surface area contributed by atoms with Crippen molar-refractivity contribution in [1.82, 2.24) is 0 Å². The molecule has 2 saturated carbocycles. The first-order valence-corrected chi connectivity index (χ1v) is 4.57. The summed E-state index contributed by atoms with van der Waals surface area (Å²) in [5, 5.41) is 0. The molecule has 0 bridgehead atoms. The van der Waals surface area contributed by atoms with E-state index < -0.39 is 0 Å². The normalized spacial score (nSPS) is 41.7. The summed E-state index contributed by atoms with van der Waals surface area (Å²) in [6.45, 7) is 0.956. The number of halogens is 1. The van der Waals surface area contributed by atoms with Crippen molar-refractivity contribution in [3.63, 3.8) is 0 Å². The third-order valence-corrected chi connectivity index (χ3v) is 3.73. The number of hydrogen-bond acceptors (Lipinski definition) is 1. The number of hydrogen-bond donors (Lipinski definition) is 1. The van der Waals surface area contributed by atoms with E-state index in [1.807, 2.05) is 0 Å². The molecule has 2 heteroatoms. The average Bonchev–Trinajstić information content (AvgIpc) is 2.42. The molecule has 0 heterocycles. The van der Waals surface area contributed by atoms with Crippen LogP contribution in [0.25, 0.3) is 0 Å². The lowest BCUT2D eigenvalue weighted by atomic mass is 9.81. The Morgan fingerprint density at radius 1 is 1.18 bits per heavy atom. The highest BCUT2D eigenvalue weighted by molar-refractivity contribution is 5.85. The third kappa shape index (κ3) is 1.29. The maximum Gasteiger partial charge on any atom is -0.00179 e. The van der Waals surface area contributed by atoms with Crippen molar-refractivity contribution < 1.29 is 0 Å². The summed E-state index contributed by atoms with van der Waals surface area (Å²) in [4.78, 5) is 0. The second-order valence-electron chi connectivity index (χ2n) is 4.05. The monoisotopic (exact) mass is 175 g/mol. The summed E-state index contributed by atoms with van der Waals surface area (Å²) in [7, 11) is 0. The molecule has 66 valence electrons. The Kier molecular flexibility index (Phi) is 2.82. The molecule has 0 amide bonds. The summed E-state index contributed by atoms with van der Waals surface area (Å²) in [6.07, 6.45) is 8.68. The zero-order valence-corrected chi connectivity index (χ0v) is 7.83. The lowest BCUT2D eigenvalue weighted by Gasteiger charge is -2.26. The van der Waals surface area contributed by atoms with E-state index in [2.05, 4.69) is 0 Å². The standard InChI is InChI=1S/C9H17N.ClH/c10-7-9-5-1-3-8(9)4-2-6-9;/h8H,1-7,10H2;1H. The second kappa shape index (κ2) is 3.32. The van der Waals surface area contributed by atoms with Gasteiger partial charge in [-0.15, -0.1) is 12.4 Å². The SMILES string of the molecule is Cl.NCC12CCCC1CCC2. The molecule has 0 unspecified atom stereocenters. The van der Waals surface area contributed by atoms with E-state index in [1.54, 1.807) is 0 Å². The van der Waals surface area contributed by atoms with Gasteiger partial charge in [0.05, 0.1) is 0 Å². The van der Waals surface area contributed by atoms with Gasteiger partial charge in [0.1, 0.15) is 0 Å². The third-order valence-electron chi connectivity index (χ3n) is 3.73. The van der Waals surface area contributed by atoms with Gasteiger partial charge < -0.3 is 5.73 Å². The van der Waals surface area contributed by atoms with Crippen molar-refractivity contribution in [1.29, 1.82) is 0 Å². The summed E-state index contributed by atoms with van der Waals surface area (Å²) in [5.41, 5.74) is 6.43. The number of nitrogens with two attached hydrogens (primary N) is 1. The zero-order valence-electron chi connectivity index (χ0n) is 7.01. The Bertz CT molecular complexity index is 126. The first kappa shape index (κ1) is 9.34. The van der Waals surface area contributed by atoms with Crippen molar-refractivity contribution >= 4 is 12.4 Å². The fourth-order valence-electron chi connectivity index (χ4n) is 3.06. The molecule has 2 rings (SSSR count). The molecule has 0 aromatic rings. The predicted molar refractivity (Wildman–Crippen MR) is 49.9 cm³/mol. The Hall–Kier alpha value is 0.250. The molecule has 1 nitrogen and oxygen atoms in total. The molecule has 2 aliphatic carbocycles. The molecular formula is C9H18ClN. The van der Waals surface area contributed by atoms with Crippen molar-refractivity contribution in [2.24, 2.45) is 17.1 Å². The highest BCUT2D eigenvalue weighted by Crippen LogP contribution is 2.53. The molecule has 2 aliphatic rings. The van der Waals surface area contributed by atoms with Crippen molar-refractivity contribution in [3.05, 3.63) is 0 Å². The summed E-state index contributed by atoms with van der Waals surface area (Å²) < 4.78 is 0. The van der Waals surface area contributed by atoms with Gasteiger partial charge in [0.25, 0.3) is 0 Å². The van der Waals surface area contributed by atoms with Crippen LogP contribution in [0.2, 0.25) is 0 Å². The van der Waals surface area contributed by atoms with Crippen LogP contribution in [0.4, 0.5) is 0 Å². The van der Waals surface area contributed by atoms with Crippen molar-refractivity contribution in [3.8, 4) is 0 Å². The highest BCUT2D eigenvalue weighted by atomic mass is 35.5. The van der Waals surface area contributed by atoms with Crippen LogP contribution in [0.3, 0.4) is 0 Å². The van der Waals surface area contributed by atoms with Crippen LogP contribution in [-0.4, -0.2) is 6.54 Å². The largest absolute Gasteiger partial charge is 0.330 e. The summed E-state index contributed by atoms with van der Waals surface area (Å²) in [6, 6.07) is 0. The van der Waals surface area contributed by atoms with Crippen LogP contribution in [0, 0.1) is 11.3 Å². The fraction of sp³-hybridized carbons (Fsp3) is 1.00. The van der Waals surface area contributed by atoms with Gasteiger partial charge in [-0.3, -0.25) is 0 Å². The van der Waals surface area contributed by atoms with Gasteiger partial charge in [-0.25, -0.2) is 0 Å². The molecule has 11 heavy (non-hydrogen) atoms. The van der Waals surface area contributed by atoms with E-state index in [4.69, 9.17) is 5.73 Å². The number of fused-ring (bicyclic) bond motifs is 1. The van der Waals surface area contributed by atoms with Gasteiger partial charge >= 0.3 is 0 Å². The van der Waals surface area contributed by atoms with Crippen LogP contribution in [0.1, 0.15) is 38.5 Å². The Labute approximate surface area is 75.1 Å². The fourth-order valence-corrected chi connectivity index (χ4v) is 3.06. The topological polar surface area (TPSA) is 26.0 Å². The van der Waals surface area contributed by atoms with Gasteiger partial charge in [0.2, 0.25) is 0 Å². The minimum Gasteiger partial charge on any atom is -0.330 e. The Morgan fingerprint density at radius 3 is 2.09 bits per heavy atom. The second-order valence-corrected chi connectivity index (χ2v) is 4.05. The van der Waals surface area contributed by atoms with Gasteiger partial charge in [0, 0.05) is 0 Å². The van der Waals surface area contributed by atoms with E-state index in [1.165, 1.54) is 38.5 Å². The lowest BCUT2D eigenvalue weighted by Crippen LogP contribution is -2.29. The van der Waals surface area contributed by atoms with Gasteiger partial charge in [-0.2, -0.15) is 0 Å². The highest BCUT2D eigenvalue weighted by Gasteiger charge is 2.44. The molecule has 0 atom stereocenters. The maximum absolute atomic E-state index is 5.81. The molecule has 0 aromatic heterocycles. The molecule has 0 spiro atoms. The van der Waals surface area contributed by atoms with E-state index in [0.717, 1.165) is 12.5 Å². The lowest BCUT2D eigenvalue weighted by molar-refractivity contribution is 0.253. The molecule has 0 saturated heterocycles. The van der Waals surface area contributed by atoms with Crippen LogP contribution in [0.5, 0.6) is 0 Å². The van der Waals surface area contributed by atoms with Gasteiger partial charge in [-0.1, -0.05) is 12.8 Å². The quantitative estimate of drug-likeness (QED) is 0.651. The van der Waals surface area contributed by atoms with E-state index in [0.29, 0.717) is 5.41 Å². The van der Waals surface area contributed by atoms with Gasteiger partial charge in [0.15, 0.2) is 0 Å².